The zero-order chi connectivity index (χ0) is 21.7. The van der Waals surface area contributed by atoms with Crippen LogP contribution in [-0.2, 0) is 14.8 Å². The number of amides is 1. The molecule has 0 heterocycles. The maximum Gasteiger partial charge on any atom is 0.261 e. The number of hydrogen-bond acceptors (Lipinski definition) is 4. The van der Waals surface area contributed by atoms with Crippen LogP contribution in [0.15, 0.2) is 82.6 Å². The largest absolute Gasteiger partial charge is 0.325 e. The van der Waals surface area contributed by atoms with Crippen molar-refractivity contribution in [2.75, 3.05) is 10.0 Å². The second-order valence-corrected chi connectivity index (χ2v) is 10.1. The van der Waals surface area contributed by atoms with Crippen LogP contribution in [0.3, 0.4) is 0 Å². The Morgan fingerprint density at radius 2 is 1.60 bits per heavy atom. The van der Waals surface area contributed by atoms with Gasteiger partial charge in [0.2, 0.25) is 5.91 Å². The molecule has 3 aromatic rings. The Bertz CT molecular complexity index is 1130. The minimum atomic E-state index is -3.72. The van der Waals surface area contributed by atoms with Crippen LogP contribution < -0.4 is 10.0 Å². The van der Waals surface area contributed by atoms with Crippen LogP contribution in [0.2, 0.25) is 0 Å². The van der Waals surface area contributed by atoms with Crippen molar-refractivity contribution in [2.45, 2.75) is 35.8 Å². The molecule has 1 amide bonds. The fraction of sp³-hybridized carbons (Fsp3) is 0.174. The van der Waals surface area contributed by atoms with E-state index in [9.17, 15) is 13.2 Å². The average Bonchev–Trinajstić information content (AvgIpc) is 2.71. The van der Waals surface area contributed by atoms with E-state index in [1.807, 2.05) is 63.2 Å². The highest BCUT2D eigenvalue weighted by Crippen LogP contribution is 2.25. The number of benzene rings is 3. The first-order valence-electron chi connectivity index (χ1n) is 9.47. The molecule has 0 unspecified atom stereocenters. The second kappa shape index (κ2) is 9.36. The number of aryl methyl sites for hydroxylation is 2. The van der Waals surface area contributed by atoms with Gasteiger partial charge in [-0.05, 0) is 68.8 Å². The van der Waals surface area contributed by atoms with Crippen molar-refractivity contribution in [3.8, 4) is 0 Å². The van der Waals surface area contributed by atoms with Crippen molar-refractivity contribution >= 4 is 39.1 Å². The summed E-state index contributed by atoms with van der Waals surface area (Å²) in [7, 11) is -3.72. The first kappa shape index (κ1) is 21.9. The minimum absolute atomic E-state index is 0.132. The smallest absolute Gasteiger partial charge is 0.261 e. The van der Waals surface area contributed by atoms with Gasteiger partial charge in [-0.25, -0.2) is 8.42 Å². The molecule has 30 heavy (non-hydrogen) atoms. The summed E-state index contributed by atoms with van der Waals surface area (Å²) in [6.07, 6.45) is 0. The molecule has 0 aliphatic carbocycles. The molecule has 3 rings (SSSR count). The molecule has 0 aliphatic rings. The molecule has 3 aromatic carbocycles. The predicted octanol–water partition coefficient (Wildman–Crippen LogP) is 5.22. The van der Waals surface area contributed by atoms with E-state index >= 15 is 0 Å². The lowest BCUT2D eigenvalue weighted by Crippen LogP contribution is -2.22. The van der Waals surface area contributed by atoms with Gasteiger partial charge in [-0.15, -0.1) is 11.8 Å². The standard InChI is InChI=1S/C23H24N2O3S2/c1-16-9-14-22(17(2)15-16)25-30(27,28)21-12-10-19(11-13-21)24-23(26)18(3)29-20-7-5-4-6-8-20/h4-15,18,25H,1-3H3,(H,24,26)/t18-/m1/s1. The van der Waals surface area contributed by atoms with Crippen LogP contribution in [0, 0.1) is 13.8 Å². The SMILES string of the molecule is Cc1ccc(NS(=O)(=O)c2ccc(NC(=O)[C@@H](C)Sc3ccccc3)cc2)c(C)c1. The van der Waals surface area contributed by atoms with Crippen LogP contribution >= 0.6 is 11.8 Å². The van der Waals surface area contributed by atoms with Gasteiger partial charge in [-0.3, -0.25) is 9.52 Å². The third-order valence-corrected chi connectivity index (χ3v) is 6.98. The Balaban J connectivity index is 1.65. The van der Waals surface area contributed by atoms with E-state index in [2.05, 4.69) is 10.0 Å². The zero-order valence-corrected chi connectivity index (χ0v) is 18.7. The molecule has 0 bridgehead atoms. The Morgan fingerprint density at radius 3 is 2.23 bits per heavy atom. The van der Waals surface area contributed by atoms with Crippen molar-refractivity contribution in [1.82, 2.24) is 0 Å². The monoisotopic (exact) mass is 440 g/mol. The maximum atomic E-state index is 12.7. The van der Waals surface area contributed by atoms with E-state index in [1.54, 1.807) is 18.2 Å². The topological polar surface area (TPSA) is 75.3 Å². The van der Waals surface area contributed by atoms with Gasteiger partial charge in [-0.1, -0.05) is 35.9 Å². The number of anilines is 2. The van der Waals surface area contributed by atoms with Gasteiger partial charge in [0.05, 0.1) is 15.8 Å². The van der Waals surface area contributed by atoms with E-state index in [0.29, 0.717) is 11.4 Å². The number of carbonyl (C=O) groups is 1. The highest BCUT2D eigenvalue weighted by atomic mass is 32.2. The lowest BCUT2D eigenvalue weighted by Gasteiger charge is -2.13. The van der Waals surface area contributed by atoms with Crippen LogP contribution in [0.1, 0.15) is 18.1 Å². The third-order valence-electron chi connectivity index (χ3n) is 4.48. The fourth-order valence-electron chi connectivity index (χ4n) is 2.85. The normalized spacial score (nSPS) is 12.2. The molecule has 7 heteroatoms. The molecule has 0 aromatic heterocycles. The van der Waals surface area contributed by atoms with Gasteiger partial charge < -0.3 is 5.32 Å². The number of rotatable bonds is 7. The van der Waals surface area contributed by atoms with Crippen LogP contribution in [-0.4, -0.2) is 19.6 Å². The molecular formula is C23H24N2O3S2. The summed E-state index contributed by atoms with van der Waals surface area (Å²) in [6.45, 7) is 5.65. The Kier molecular flexibility index (Phi) is 6.84. The van der Waals surface area contributed by atoms with Crippen molar-refractivity contribution in [1.29, 1.82) is 0 Å². The van der Waals surface area contributed by atoms with Gasteiger partial charge in [-0.2, -0.15) is 0 Å². The van der Waals surface area contributed by atoms with Gasteiger partial charge in [0.1, 0.15) is 0 Å². The molecule has 0 fully saturated rings. The number of hydrogen-bond donors (Lipinski definition) is 2. The molecule has 0 aliphatic heterocycles. The van der Waals surface area contributed by atoms with E-state index in [1.165, 1.54) is 23.9 Å². The van der Waals surface area contributed by atoms with Gasteiger partial charge in [0.25, 0.3) is 10.0 Å². The Morgan fingerprint density at radius 1 is 0.933 bits per heavy atom. The van der Waals surface area contributed by atoms with Gasteiger partial charge in [0, 0.05) is 10.6 Å². The molecule has 2 N–H and O–H groups in total. The van der Waals surface area contributed by atoms with E-state index in [4.69, 9.17) is 0 Å². The summed E-state index contributed by atoms with van der Waals surface area (Å²) in [4.78, 5) is 13.6. The van der Waals surface area contributed by atoms with E-state index in [-0.39, 0.29) is 16.1 Å². The Labute approximate surface area is 182 Å². The van der Waals surface area contributed by atoms with Crippen LogP contribution in [0.25, 0.3) is 0 Å². The highest BCUT2D eigenvalue weighted by Gasteiger charge is 2.17. The first-order valence-corrected chi connectivity index (χ1v) is 11.8. The fourth-order valence-corrected chi connectivity index (χ4v) is 4.87. The van der Waals surface area contributed by atoms with Crippen molar-refractivity contribution in [2.24, 2.45) is 0 Å². The summed E-state index contributed by atoms with van der Waals surface area (Å²) in [5.74, 6) is -0.145. The van der Waals surface area contributed by atoms with Crippen molar-refractivity contribution in [3.05, 3.63) is 83.9 Å². The molecular weight excluding hydrogens is 416 g/mol. The molecule has 0 saturated heterocycles. The first-order chi connectivity index (χ1) is 14.2. The van der Waals surface area contributed by atoms with Gasteiger partial charge >= 0.3 is 0 Å². The summed E-state index contributed by atoms with van der Waals surface area (Å²) in [5, 5.41) is 2.54. The summed E-state index contributed by atoms with van der Waals surface area (Å²) in [5.41, 5.74) is 3.01. The number of carbonyl (C=O) groups excluding carboxylic acids is 1. The van der Waals surface area contributed by atoms with E-state index in [0.717, 1.165) is 16.0 Å². The highest BCUT2D eigenvalue weighted by molar-refractivity contribution is 8.00. The Hall–Kier alpha value is -2.77. The number of nitrogens with one attached hydrogen (secondary N) is 2. The van der Waals surface area contributed by atoms with Crippen molar-refractivity contribution < 1.29 is 13.2 Å². The third kappa shape index (κ3) is 5.64. The van der Waals surface area contributed by atoms with Gasteiger partial charge in [0.15, 0.2) is 0 Å². The zero-order valence-electron chi connectivity index (χ0n) is 17.0. The predicted molar refractivity (Wildman–Crippen MR) is 124 cm³/mol. The van der Waals surface area contributed by atoms with Crippen LogP contribution in [0.4, 0.5) is 11.4 Å². The molecule has 0 spiro atoms. The van der Waals surface area contributed by atoms with E-state index < -0.39 is 10.0 Å². The van der Waals surface area contributed by atoms with Crippen LogP contribution in [0.5, 0.6) is 0 Å². The molecule has 156 valence electrons. The lowest BCUT2D eigenvalue weighted by molar-refractivity contribution is -0.115. The number of thioether (sulfide) groups is 1. The van der Waals surface area contributed by atoms with Crippen molar-refractivity contribution in [3.63, 3.8) is 0 Å². The average molecular weight is 441 g/mol. The molecule has 1 atom stereocenters. The number of sulfonamides is 1. The molecule has 5 nitrogen and oxygen atoms in total. The maximum absolute atomic E-state index is 12.7. The summed E-state index contributed by atoms with van der Waals surface area (Å²) >= 11 is 1.46. The minimum Gasteiger partial charge on any atom is -0.325 e. The molecule has 0 saturated carbocycles. The summed E-state index contributed by atoms with van der Waals surface area (Å²) in [6, 6.07) is 21.4. The second-order valence-electron chi connectivity index (χ2n) is 7.01. The molecule has 0 radical (unpaired) electrons. The lowest BCUT2D eigenvalue weighted by atomic mass is 10.1. The summed E-state index contributed by atoms with van der Waals surface area (Å²) < 4.78 is 28.0. The quantitative estimate of drug-likeness (QED) is 0.494.